The Balaban J connectivity index is 2.48. The summed E-state index contributed by atoms with van der Waals surface area (Å²) in [4.78, 5) is 0. The monoisotopic (exact) mass is 217 g/mol. The van der Waals surface area contributed by atoms with Crippen LogP contribution in [0.1, 0.15) is 51.9 Å². The molecule has 84 valence electrons. The number of rotatable bonds is 3. The Kier molecular flexibility index (Phi) is 5.71. The van der Waals surface area contributed by atoms with Crippen molar-refractivity contribution in [1.29, 1.82) is 0 Å². The molecule has 2 nitrogen and oxygen atoms in total. The van der Waals surface area contributed by atoms with Gasteiger partial charge in [-0.2, -0.15) is 0 Å². The zero-order chi connectivity index (χ0) is 10.4. The van der Waals surface area contributed by atoms with Crippen LogP contribution in [0.5, 0.6) is 0 Å². The maximum absolute atomic E-state index is 11.9. The third-order valence-corrected chi connectivity index (χ3v) is 5.07. The summed E-state index contributed by atoms with van der Waals surface area (Å²) in [5.74, 6) is 0.832. The number of hydrogen-bond acceptors (Lipinski definition) is 2. The maximum atomic E-state index is 11.9. The molecule has 1 aliphatic rings. The summed E-state index contributed by atoms with van der Waals surface area (Å²) in [6.45, 7) is 2.09. The average Bonchev–Trinajstić information content (AvgIpc) is 2.12. The van der Waals surface area contributed by atoms with Crippen molar-refractivity contribution in [1.82, 2.24) is 0 Å². The van der Waals surface area contributed by atoms with Crippen molar-refractivity contribution in [3.63, 3.8) is 0 Å². The van der Waals surface area contributed by atoms with Gasteiger partial charge in [0.15, 0.2) is 0 Å². The lowest BCUT2D eigenvalue weighted by atomic mass is 9.97. The largest absolute Gasteiger partial charge is 0.327 e. The van der Waals surface area contributed by atoms with Crippen molar-refractivity contribution in [2.45, 2.75) is 63.2 Å². The first-order valence-corrected chi connectivity index (χ1v) is 7.26. The molecule has 0 aromatic carbocycles. The van der Waals surface area contributed by atoms with Crippen molar-refractivity contribution >= 4 is 10.8 Å². The summed E-state index contributed by atoms with van der Waals surface area (Å²) in [5, 5.41) is 0.273. The maximum Gasteiger partial charge on any atom is 0.0499 e. The second kappa shape index (κ2) is 6.57. The first-order valence-electron chi connectivity index (χ1n) is 5.88. The Morgan fingerprint density at radius 1 is 1.21 bits per heavy atom. The van der Waals surface area contributed by atoms with E-state index in [1.165, 1.54) is 25.7 Å². The van der Waals surface area contributed by atoms with Crippen LogP contribution in [0.15, 0.2) is 0 Å². The molecule has 1 saturated carbocycles. The van der Waals surface area contributed by atoms with Gasteiger partial charge in [0.2, 0.25) is 0 Å². The van der Waals surface area contributed by atoms with Crippen LogP contribution in [0.4, 0.5) is 0 Å². The molecule has 0 saturated heterocycles. The molecular formula is C11H23NOS. The smallest absolute Gasteiger partial charge is 0.0499 e. The van der Waals surface area contributed by atoms with Gasteiger partial charge in [0, 0.05) is 27.8 Å². The molecule has 1 fully saturated rings. The van der Waals surface area contributed by atoms with Gasteiger partial charge in [0.05, 0.1) is 0 Å². The highest BCUT2D eigenvalue weighted by molar-refractivity contribution is 7.85. The van der Waals surface area contributed by atoms with E-state index in [-0.39, 0.29) is 11.3 Å². The molecular weight excluding hydrogens is 194 g/mol. The Hall–Kier alpha value is 0.110. The Labute approximate surface area is 90.1 Å². The van der Waals surface area contributed by atoms with Crippen molar-refractivity contribution in [2.75, 3.05) is 5.75 Å². The SMILES string of the molecule is CCCS(=O)C1CCCCCCC1N. The van der Waals surface area contributed by atoms with Crippen LogP contribution in [-0.2, 0) is 10.8 Å². The highest BCUT2D eigenvalue weighted by atomic mass is 32.2. The van der Waals surface area contributed by atoms with Crippen LogP contribution < -0.4 is 5.73 Å². The van der Waals surface area contributed by atoms with Gasteiger partial charge in [-0.25, -0.2) is 0 Å². The molecule has 0 spiro atoms. The highest BCUT2D eigenvalue weighted by Crippen LogP contribution is 2.20. The zero-order valence-corrected chi connectivity index (χ0v) is 10.0. The van der Waals surface area contributed by atoms with Crippen LogP contribution in [0.25, 0.3) is 0 Å². The zero-order valence-electron chi connectivity index (χ0n) is 9.21. The van der Waals surface area contributed by atoms with Gasteiger partial charge in [0.25, 0.3) is 0 Å². The molecule has 14 heavy (non-hydrogen) atoms. The Morgan fingerprint density at radius 3 is 2.50 bits per heavy atom. The fourth-order valence-corrected chi connectivity index (χ4v) is 3.82. The molecule has 0 radical (unpaired) electrons. The summed E-state index contributed by atoms with van der Waals surface area (Å²) >= 11 is 0. The lowest BCUT2D eigenvalue weighted by Crippen LogP contribution is -2.39. The Bertz CT molecular complexity index is 184. The second-order valence-corrected chi connectivity index (χ2v) is 6.05. The summed E-state index contributed by atoms with van der Waals surface area (Å²) in [6, 6.07) is 0.183. The predicted octanol–water partition coefficient (Wildman–Crippen LogP) is 2.20. The second-order valence-electron chi connectivity index (χ2n) is 4.28. The van der Waals surface area contributed by atoms with Crippen molar-refractivity contribution in [3.05, 3.63) is 0 Å². The standard InChI is InChI=1S/C11H23NOS/c1-2-9-14(13)11-8-6-4-3-5-7-10(11)12/h10-11H,2-9,12H2,1H3. The van der Waals surface area contributed by atoms with Crippen LogP contribution in [0.2, 0.25) is 0 Å². The molecule has 3 atom stereocenters. The van der Waals surface area contributed by atoms with Gasteiger partial charge < -0.3 is 5.73 Å². The molecule has 0 aromatic heterocycles. The molecule has 2 N–H and O–H groups in total. The molecule has 0 heterocycles. The highest BCUT2D eigenvalue weighted by Gasteiger charge is 2.24. The lowest BCUT2D eigenvalue weighted by molar-refractivity contribution is 0.456. The summed E-state index contributed by atoms with van der Waals surface area (Å²) < 4.78 is 11.9. The molecule has 0 bridgehead atoms. The van der Waals surface area contributed by atoms with E-state index < -0.39 is 10.8 Å². The molecule has 1 aliphatic carbocycles. The van der Waals surface area contributed by atoms with Gasteiger partial charge in [0.1, 0.15) is 0 Å². The van der Waals surface area contributed by atoms with Crippen LogP contribution in [0.3, 0.4) is 0 Å². The predicted molar refractivity (Wildman–Crippen MR) is 62.8 cm³/mol. The summed E-state index contributed by atoms with van der Waals surface area (Å²) in [7, 11) is -0.680. The van der Waals surface area contributed by atoms with E-state index in [4.69, 9.17) is 5.73 Å². The van der Waals surface area contributed by atoms with E-state index in [2.05, 4.69) is 6.92 Å². The topological polar surface area (TPSA) is 43.1 Å². The molecule has 0 amide bonds. The average molecular weight is 217 g/mol. The molecule has 3 heteroatoms. The lowest BCUT2D eigenvalue weighted by Gasteiger charge is -2.25. The fraction of sp³-hybridized carbons (Fsp3) is 1.00. The first kappa shape index (κ1) is 12.2. The molecule has 3 unspecified atom stereocenters. The summed E-state index contributed by atoms with van der Waals surface area (Å²) in [5.41, 5.74) is 6.09. The minimum Gasteiger partial charge on any atom is -0.327 e. The van der Waals surface area contributed by atoms with Crippen molar-refractivity contribution < 1.29 is 4.21 Å². The van der Waals surface area contributed by atoms with Crippen LogP contribution >= 0.6 is 0 Å². The van der Waals surface area contributed by atoms with Gasteiger partial charge >= 0.3 is 0 Å². The van der Waals surface area contributed by atoms with Gasteiger partial charge in [-0.15, -0.1) is 0 Å². The van der Waals surface area contributed by atoms with Gasteiger partial charge in [-0.3, -0.25) is 4.21 Å². The van der Waals surface area contributed by atoms with Crippen molar-refractivity contribution in [2.24, 2.45) is 5.73 Å². The third kappa shape index (κ3) is 3.70. The van der Waals surface area contributed by atoms with E-state index in [9.17, 15) is 4.21 Å². The first-order chi connectivity index (χ1) is 6.75. The summed E-state index contributed by atoms with van der Waals surface area (Å²) in [6.07, 6.45) is 8.20. The minimum atomic E-state index is -0.680. The number of nitrogens with two attached hydrogens (primary N) is 1. The van der Waals surface area contributed by atoms with E-state index in [1.807, 2.05) is 0 Å². The van der Waals surface area contributed by atoms with Crippen LogP contribution in [0, 0.1) is 0 Å². The minimum absolute atomic E-state index is 0.183. The molecule has 1 rings (SSSR count). The van der Waals surface area contributed by atoms with E-state index in [1.54, 1.807) is 0 Å². The molecule has 0 aromatic rings. The quantitative estimate of drug-likeness (QED) is 0.787. The van der Waals surface area contributed by atoms with Gasteiger partial charge in [-0.05, 0) is 19.3 Å². The van der Waals surface area contributed by atoms with Crippen molar-refractivity contribution in [3.8, 4) is 0 Å². The third-order valence-electron chi connectivity index (χ3n) is 3.00. The van der Waals surface area contributed by atoms with E-state index in [0.717, 1.165) is 25.0 Å². The fourth-order valence-electron chi connectivity index (χ4n) is 2.16. The molecule has 0 aliphatic heterocycles. The van der Waals surface area contributed by atoms with Crippen LogP contribution in [-0.4, -0.2) is 21.3 Å². The number of hydrogen-bond donors (Lipinski definition) is 1. The van der Waals surface area contributed by atoms with E-state index >= 15 is 0 Å². The normalized spacial score (nSPS) is 31.9. The Morgan fingerprint density at radius 2 is 1.86 bits per heavy atom. The van der Waals surface area contributed by atoms with Gasteiger partial charge in [-0.1, -0.05) is 32.6 Å². The van der Waals surface area contributed by atoms with E-state index in [0.29, 0.717) is 0 Å².